The third kappa shape index (κ3) is 7.33. The highest BCUT2D eigenvalue weighted by Crippen LogP contribution is 2.11. The number of alkyl carbamates (subject to hydrolysis) is 1. The van der Waals surface area contributed by atoms with E-state index >= 15 is 0 Å². The van der Waals surface area contributed by atoms with Crippen molar-refractivity contribution in [3.63, 3.8) is 0 Å². The predicted octanol–water partition coefficient (Wildman–Crippen LogP) is 3.66. The molecule has 0 aliphatic rings. The number of amides is 1. The third-order valence-electron chi connectivity index (χ3n) is 3.02. The summed E-state index contributed by atoms with van der Waals surface area (Å²) in [6.07, 6.45) is 2.32. The smallest absolute Gasteiger partial charge is 0.408 e. The van der Waals surface area contributed by atoms with Crippen LogP contribution in [0, 0.1) is 0 Å². The van der Waals surface area contributed by atoms with Gasteiger partial charge in [-0.2, -0.15) is 0 Å². The number of Topliss-reactive ketones (excluding diaryl/α,β-unsaturated/α-hetero) is 1. The third-order valence-corrected chi connectivity index (χ3v) is 3.29. The van der Waals surface area contributed by atoms with Crippen molar-refractivity contribution in [3.05, 3.63) is 48.0 Å². The van der Waals surface area contributed by atoms with Crippen molar-refractivity contribution in [2.24, 2.45) is 0 Å². The molecule has 0 saturated carbocycles. The molecule has 0 fully saturated rings. The van der Waals surface area contributed by atoms with Gasteiger partial charge in [0.2, 0.25) is 0 Å². The molecule has 0 saturated heterocycles. The van der Waals surface area contributed by atoms with Crippen molar-refractivity contribution >= 4 is 23.5 Å². The van der Waals surface area contributed by atoms with Gasteiger partial charge < -0.3 is 10.1 Å². The predicted molar refractivity (Wildman–Crippen MR) is 92.9 cm³/mol. The van der Waals surface area contributed by atoms with Gasteiger partial charge in [0.15, 0.2) is 5.78 Å². The lowest BCUT2D eigenvalue weighted by Gasteiger charge is -2.23. The molecule has 1 rings (SSSR count). The number of hydrogen-bond acceptors (Lipinski definition) is 3. The van der Waals surface area contributed by atoms with Crippen LogP contribution in [0.2, 0.25) is 0 Å². The van der Waals surface area contributed by atoms with E-state index in [1.54, 1.807) is 20.8 Å². The van der Waals surface area contributed by atoms with Crippen LogP contribution in [0.1, 0.15) is 31.9 Å². The van der Waals surface area contributed by atoms with Gasteiger partial charge in [-0.3, -0.25) is 4.79 Å². The van der Waals surface area contributed by atoms with Crippen molar-refractivity contribution in [2.75, 3.05) is 5.88 Å². The topological polar surface area (TPSA) is 55.4 Å². The number of benzene rings is 1. The van der Waals surface area contributed by atoms with Crippen LogP contribution < -0.4 is 5.32 Å². The van der Waals surface area contributed by atoms with E-state index in [1.807, 2.05) is 30.3 Å². The molecule has 5 heteroatoms. The highest BCUT2D eigenvalue weighted by molar-refractivity contribution is 6.28. The zero-order chi connectivity index (χ0) is 17.5. The van der Waals surface area contributed by atoms with Gasteiger partial charge >= 0.3 is 6.09 Å². The highest BCUT2D eigenvalue weighted by atomic mass is 35.5. The lowest BCUT2D eigenvalue weighted by molar-refractivity contribution is -0.118. The molecule has 126 valence electrons. The summed E-state index contributed by atoms with van der Waals surface area (Å²) in [6.45, 7) is 9.02. The molecule has 1 N–H and O–H groups in total. The number of carbonyl (C=O) groups is 2. The van der Waals surface area contributed by atoms with E-state index < -0.39 is 17.7 Å². The number of rotatable bonds is 7. The largest absolute Gasteiger partial charge is 0.444 e. The maximum Gasteiger partial charge on any atom is 0.408 e. The Morgan fingerprint density at radius 2 is 2.00 bits per heavy atom. The number of nitrogens with one attached hydrogen (secondary N) is 1. The van der Waals surface area contributed by atoms with E-state index in [2.05, 4.69) is 11.9 Å². The molecule has 1 aromatic rings. The Morgan fingerprint density at radius 1 is 1.35 bits per heavy atom. The molecule has 0 aliphatic heterocycles. The zero-order valence-electron chi connectivity index (χ0n) is 13.9. The Morgan fingerprint density at radius 3 is 2.57 bits per heavy atom. The minimum atomic E-state index is -0.707. The Hall–Kier alpha value is -1.81. The summed E-state index contributed by atoms with van der Waals surface area (Å²) in [7, 11) is 0. The molecule has 4 nitrogen and oxygen atoms in total. The second-order valence-electron chi connectivity index (χ2n) is 6.32. The zero-order valence-corrected chi connectivity index (χ0v) is 14.7. The van der Waals surface area contributed by atoms with Crippen LogP contribution in [0.3, 0.4) is 0 Å². The quantitative estimate of drug-likeness (QED) is 0.610. The summed E-state index contributed by atoms with van der Waals surface area (Å²) in [5.41, 5.74) is 1.43. The summed E-state index contributed by atoms with van der Waals surface area (Å²) in [4.78, 5) is 23.9. The fraction of sp³-hybridized carbons (Fsp3) is 0.444. The minimum Gasteiger partial charge on any atom is -0.444 e. The standard InChI is InChI=1S/C18H24ClNO3/c1-5-7-13-8-6-9-14(10-13)11-15(16(21)12-19)20-17(22)23-18(2,3)4/h5-6,8-10,15H,1,7,11-12H2,2-4H3,(H,20,22)/t15-/m0/s1. The second kappa shape index (κ2) is 8.73. The summed E-state index contributed by atoms with van der Waals surface area (Å²) in [5.74, 6) is -0.404. The molecule has 1 aromatic carbocycles. The van der Waals surface area contributed by atoms with Crippen molar-refractivity contribution in [1.29, 1.82) is 0 Å². The van der Waals surface area contributed by atoms with E-state index in [1.165, 1.54) is 0 Å². The molecule has 0 heterocycles. The molecule has 0 radical (unpaired) electrons. The Labute approximate surface area is 142 Å². The first-order valence-corrected chi connectivity index (χ1v) is 8.05. The summed E-state index contributed by atoms with van der Waals surface area (Å²) >= 11 is 5.66. The molecule has 0 unspecified atom stereocenters. The molecule has 1 amide bonds. The van der Waals surface area contributed by atoms with Gasteiger partial charge in [-0.05, 0) is 44.7 Å². The van der Waals surface area contributed by atoms with Gasteiger partial charge in [0.25, 0.3) is 0 Å². The number of ether oxygens (including phenoxy) is 1. The van der Waals surface area contributed by atoms with Crippen molar-refractivity contribution in [2.45, 2.75) is 45.3 Å². The first kappa shape index (κ1) is 19.2. The van der Waals surface area contributed by atoms with E-state index in [9.17, 15) is 9.59 Å². The van der Waals surface area contributed by atoms with E-state index in [-0.39, 0.29) is 11.7 Å². The average molecular weight is 338 g/mol. The highest BCUT2D eigenvalue weighted by Gasteiger charge is 2.24. The molecule has 0 aliphatic carbocycles. The average Bonchev–Trinajstić information content (AvgIpc) is 2.44. The fourth-order valence-electron chi connectivity index (χ4n) is 2.07. The molecule has 0 bridgehead atoms. The fourth-order valence-corrected chi connectivity index (χ4v) is 2.26. The number of ketones is 1. The Balaban J connectivity index is 2.82. The van der Waals surface area contributed by atoms with Crippen LogP contribution >= 0.6 is 11.6 Å². The second-order valence-corrected chi connectivity index (χ2v) is 6.58. The van der Waals surface area contributed by atoms with Crippen LogP contribution in [0.25, 0.3) is 0 Å². The monoisotopic (exact) mass is 337 g/mol. The van der Waals surface area contributed by atoms with Crippen molar-refractivity contribution in [3.8, 4) is 0 Å². The van der Waals surface area contributed by atoms with Crippen molar-refractivity contribution in [1.82, 2.24) is 5.32 Å². The number of halogens is 1. The van der Waals surface area contributed by atoms with Crippen LogP contribution in [0.4, 0.5) is 4.79 Å². The minimum absolute atomic E-state index is 0.160. The number of alkyl halides is 1. The van der Waals surface area contributed by atoms with Gasteiger partial charge in [0.1, 0.15) is 5.60 Å². The van der Waals surface area contributed by atoms with Crippen LogP contribution in [0.5, 0.6) is 0 Å². The van der Waals surface area contributed by atoms with Gasteiger partial charge in [0.05, 0.1) is 11.9 Å². The number of allylic oxidation sites excluding steroid dienone is 1. The lowest BCUT2D eigenvalue weighted by Crippen LogP contribution is -2.45. The Kier molecular flexibility index (Phi) is 7.30. The summed E-state index contributed by atoms with van der Waals surface area (Å²) in [6, 6.07) is 7.11. The van der Waals surface area contributed by atoms with Gasteiger partial charge in [-0.25, -0.2) is 4.79 Å². The molecular weight excluding hydrogens is 314 g/mol. The maximum absolute atomic E-state index is 12.0. The van der Waals surface area contributed by atoms with Gasteiger partial charge in [0, 0.05) is 0 Å². The summed E-state index contributed by atoms with van der Waals surface area (Å²) in [5, 5.41) is 2.61. The van der Waals surface area contributed by atoms with Gasteiger partial charge in [-0.15, -0.1) is 18.2 Å². The van der Waals surface area contributed by atoms with Crippen LogP contribution in [0.15, 0.2) is 36.9 Å². The van der Waals surface area contributed by atoms with E-state index in [0.717, 1.165) is 17.5 Å². The van der Waals surface area contributed by atoms with Crippen LogP contribution in [-0.4, -0.2) is 29.4 Å². The molecular formula is C18H24ClNO3. The molecule has 0 spiro atoms. The van der Waals surface area contributed by atoms with Gasteiger partial charge in [-0.1, -0.05) is 30.3 Å². The Bertz CT molecular complexity index is 564. The van der Waals surface area contributed by atoms with Crippen molar-refractivity contribution < 1.29 is 14.3 Å². The van der Waals surface area contributed by atoms with Crippen LogP contribution in [-0.2, 0) is 22.4 Å². The normalized spacial score (nSPS) is 12.3. The maximum atomic E-state index is 12.0. The lowest BCUT2D eigenvalue weighted by atomic mass is 10.0. The number of carbonyl (C=O) groups excluding carboxylic acids is 2. The van der Waals surface area contributed by atoms with E-state index in [0.29, 0.717) is 6.42 Å². The first-order valence-electron chi connectivity index (χ1n) is 7.52. The molecule has 0 aromatic heterocycles. The number of hydrogen-bond donors (Lipinski definition) is 1. The van der Waals surface area contributed by atoms with E-state index in [4.69, 9.17) is 16.3 Å². The SMILES string of the molecule is C=CCc1cccc(C[C@H](NC(=O)OC(C)(C)C)C(=O)CCl)c1. The summed E-state index contributed by atoms with van der Waals surface area (Å²) < 4.78 is 5.20. The molecule has 1 atom stereocenters. The molecule has 23 heavy (non-hydrogen) atoms. The first-order chi connectivity index (χ1) is 10.7.